The van der Waals surface area contributed by atoms with Crippen molar-refractivity contribution >= 4 is 11.8 Å². The SMILES string of the molecule is Cc1noc(-c2ccc(C(=O)OCC(=O)c3cc(C)n(CC4CCCO4)c3C)cc2)n1. The van der Waals surface area contributed by atoms with Gasteiger partial charge in [-0.2, -0.15) is 4.98 Å². The molecule has 0 bridgehead atoms. The van der Waals surface area contributed by atoms with E-state index < -0.39 is 5.97 Å². The topological polar surface area (TPSA) is 96.5 Å². The largest absolute Gasteiger partial charge is 0.454 e. The molecule has 1 aliphatic heterocycles. The first kappa shape index (κ1) is 21.0. The number of hydrogen-bond donors (Lipinski definition) is 0. The standard InChI is InChI=1S/C23H25N3O5/c1-14-11-20(15(2)26(14)12-19-5-4-10-29-19)21(27)13-30-23(28)18-8-6-17(7-9-18)22-24-16(3)25-31-22/h6-9,11,19H,4-5,10,12-13H2,1-3H3. The molecule has 3 heterocycles. The molecule has 1 fully saturated rings. The molecule has 8 nitrogen and oxygen atoms in total. The van der Waals surface area contributed by atoms with Crippen LogP contribution in [-0.4, -0.2) is 45.8 Å². The van der Waals surface area contributed by atoms with Crippen molar-refractivity contribution in [2.75, 3.05) is 13.2 Å². The summed E-state index contributed by atoms with van der Waals surface area (Å²) in [5, 5.41) is 3.75. The highest BCUT2D eigenvalue weighted by Crippen LogP contribution is 2.21. The van der Waals surface area contributed by atoms with Crippen LogP contribution in [0.2, 0.25) is 0 Å². The summed E-state index contributed by atoms with van der Waals surface area (Å²) in [5.41, 5.74) is 3.48. The van der Waals surface area contributed by atoms with Gasteiger partial charge in [0.2, 0.25) is 5.78 Å². The lowest BCUT2D eigenvalue weighted by Crippen LogP contribution is -2.18. The van der Waals surface area contributed by atoms with Crippen LogP contribution in [0.4, 0.5) is 0 Å². The van der Waals surface area contributed by atoms with E-state index in [0.717, 1.165) is 37.4 Å². The van der Waals surface area contributed by atoms with Gasteiger partial charge in [0.15, 0.2) is 12.4 Å². The molecule has 0 aliphatic carbocycles. The summed E-state index contributed by atoms with van der Waals surface area (Å²) in [6, 6.07) is 8.46. The molecule has 0 N–H and O–H groups in total. The molecule has 1 atom stereocenters. The predicted octanol–water partition coefficient (Wildman–Crippen LogP) is 3.68. The maximum absolute atomic E-state index is 12.7. The summed E-state index contributed by atoms with van der Waals surface area (Å²) in [6.45, 7) is 6.83. The minimum Gasteiger partial charge on any atom is -0.454 e. The molecule has 162 valence electrons. The molecule has 1 aromatic carbocycles. The molecule has 4 rings (SSSR count). The van der Waals surface area contributed by atoms with Gasteiger partial charge in [0.1, 0.15) is 0 Å². The number of carbonyl (C=O) groups is 2. The maximum atomic E-state index is 12.7. The lowest BCUT2D eigenvalue weighted by molar-refractivity contribution is 0.0474. The monoisotopic (exact) mass is 423 g/mol. The zero-order chi connectivity index (χ0) is 22.0. The third-order valence-corrected chi connectivity index (χ3v) is 5.51. The van der Waals surface area contributed by atoms with E-state index in [1.807, 2.05) is 19.9 Å². The van der Waals surface area contributed by atoms with Crippen molar-refractivity contribution in [3.63, 3.8) is 0 Å². The number of esters is 1. The maximum Gasteiger partial charge on any atom is 0.338 e. The minimum absolute atomic E-state index is 0.185. The number of benzene rings is 1. The predicted molar refractivity (Wildman–Crippen MR) is 112 cm³/mol. The molecule has 0 spiro atoms. The second kappa shape index (κ2) is 8.85. The highest BCUT2D eigenvalue weighted by Gasteiger charge is 2.22. The van der Waals surface area contributed by atoms with Crippen molar-refractivity contribution in [1.29, 1.82) is 0 Å². The summed E-state index contributed by atoms with van der Waals surface area (Å²) in [4.78, 5) is 29.2. The fourth-order valence-corrected chi connectivity index (χ4v) is 3.81. The van der Waals surface area contributed by atoms with Gasteiger partial charge >= 0.3 is 5.97 Å². The van der Waals surface area contributed by atoms with Gasteiger partial charge in [0.05, 0.1) is 11.7 Å². The Morgan fingerprint density at radius 2 is 1.97 bits per heavy atom. The molecule has 1 saturated heterocycles. The first-order chi connectivity index (χ1) is 14.9. The number of aryl methyl sites for hydroxylation is 2. The van der Waals surface area contributed by atoms with Gasteiger partial charge in [0.25, 0.3) is 5.89 Å². The van der Waals surface area contributed by atoms with Crippen LogP contribution in [0.15, 0.2) is 34.9 Å². The van der Waals surface area contributed by atoms with Crippen LogP contribution in [-0.2, 0) is 16.0 Å². The number of ether oxygens (including phenoxy) is 2. The fourth-order valence-electron chi connectivity index (χ4n) is 3.81. The highest BCUT2D eigenvalue weighted by atomic mass is 16.5. The van der Waals surface area contributed by atoms with E-state index in [9.17, 15) is 9.59 Å². The van der Waals surface area contributed by atoms with Crippen molar-refractivity contribution in [1.82, 2.24) is 14.7 Å². The van der Waals surface area contributed by atoms with Crippen molar-refractivity contribution < 1.29 is 23.6 Å². The lowest BCUT2D eigenvalue weighted by Gasteiger charge is -2.14. The molecule has 3 aromatic rings. The van der Waals surface area contributed by atoms with Gasteiger partial charge in [-0.3, -0.25) is 4.79 Å². The van der Waals surface area contributed by atoms with Crippen LogP contribution in [0.1, 0.15) is 50.8 Å². The average Bonchev–Trinajstić information content (AvgIpc) is 3.50. The number of nitrogens with zero attached hydrogens (tertiary/aromatic N) is 3. The van der Waals surface area contributed by atoms with Crippen molar-refractivity contribution in [3.8, 4) is 11.5 Å². The molecule has 0 amide bonds. The third-order valence-electron chi connectivity index (χ3n) is 5.51. The van der Waals surface area contributed by atoms with E-state index in [0.29, 0.717) is 28.4 Å². The third kappa shape index (κ3) is 4.59. The van der Waals surface area contributed by atoms with Crippen LogP contribution in [0.3, 0.4) is 0 Å². The van der Waals surface area contributed by atoms with E-state index >= 15 is 0 Å². The molecule has 1 unspecified atom stereocenters. The number of aromatic nitrogens is 3. The van der Waals surface area contributed by atoms with Crippen LogP contribution in [0, 0.1) is 20.8 Å². The van der Waals surface area contributed by atoms with E-state index in [-0.39, 0.29) is 18.5 Å². The molecule has 31 heavy (non-hydrogen) atoms. The summed E-state index contributed by atoms with van der Waals surface area (Å²) in [6.07, 6.45) is 2.29. The van der Waals surface area contributed by atoms with E-state index in [1.54, 1.807) is 31.2 Å². The Morgan fingerprint density at radius 1 is 1.19 bits per heavy atom. The Hall–Kier alpha value is -3.26. The Balaban J connectivity index is 1.37. The zero-order valence-electron chi connectivity index (χ0n) is 17.9. The van der Waals surface area contributed by atoms with Crippen LogP contribution in [0.5, 0.6) is 0 Å². The normalized spacial score (nSPS) is 15.9. The zero-order valence-corrected chi connectivity index (χ0v) is 17.9. The second-order valence-electron chi connectivity index (χ2n) is 7.75. The summed E-state index contributed by atoms with van der Waals surface area (Å²) in [7, 11) is 0. The molecule has 1 aliphatic rings. The van der Waals surface area contributed by atoms with E-state index in [2.05, 4.69) is 14.7 Å². The number of ketones is 1. The van der Waals surface area contributed by atoms with Crippen molar-refractivity contribution in [3.05, 3.63) is 58.7 Å². The fraction of sp³-hybridized carbons (Fsp3) is 0.391. The first-order valence-electron chi connectivity index (χ1n) is 10.3. The Labute approximate surface area is 180 Å². The number of Topliss-reactive ketones (excluding diaryl/α,β-unsaturated/α-hetero) is 1. The molecule has 0 radical (unpaired) electrons. The number of rotatable bonds is 7. The summed E-state index contributed by atoms with van der Waals surface area (Å²) in [5.74, 6) is 0.130. The molecular formula is C23H25N3O5. The van der Waals surface area contributed by atoms with Gasteiger partial charge in [-0.25, -0.2) is 4.79 Å². The van der Waals surface area contributed by atoms with Gasteiger partial charge in [-0.05, 0) is 63.9 Å². The molecule has 2 aromatic heterocycles. The molecule has 8 heteroatoms. The summed E-state index contributed by atoms with van der Waals surface area (Å²) >= 11 is 0. The Morgan fingerprint density at radius 3 is 2.61 bits per heavy atom. The van der Waals surface area contributed by atoms with E-state index in [4.69, 9.17) is 14.0 Å². The van der Waals surface area contributed by atoms with Gasteiger partial charge in [-0.15, -0.1) is 0 Å². The van der Waals surface area contributed by atoms with Gasteiger partial charge < -0.3 is 18.6 Å². The molecule has 0 saturated carbocycles. The Kier molecular flexibility index (Phi) is 5.99. The smallest absolute Gasteiger partial charge is 0.338 e. The summed E-state index contributed by atoms with van der Waals surface area (Å²) < 4.78 is 18.2. The van der Waals surface area contributed by atoms with E-state index in [1.165, 1.54) is 0 Å². The average molecular weight is 423 g/mol. The van der Waals surface area contributed by atoms with Crippen LogP contribution >= 0.6 is 0 Å². The molecular weight excluding hydrogens is 398 g/mol. The van der Waals surface area contributed by atoms with Gasteiger partial charge in [-0.1, -0.05) is 5.16 Å². The van der Waals surface area contributed by atoms with Gasteiger partial charge in [0, 0.05) is 35.7 Å². The van der Waals surface area contributed by atoms with Crippen LogP contribution < -0.4 is 0 Å². The highest BCUT2D eigenvalue weighted by molar-refractivity contribution is 6.00. The first-order valence-corrected chi connectivity index (χ1v) is 10.3. The quantitative estimate of drug-likeness (QED) is 0.422. The minimum atomic E-state index is -0.560. The van der Waals surface area contributed by atoms with Crippen molar-refractivity contribution in [2.45, 2.75) is 46.3 Å². The lowest BCUT2D eigenvalue weighted by atomic mass is 10.1. The second-order valence-corrected chi connectivity index (χ2v) is 7.75. The Bertz CT molecular complexity index is 1090. The van der Waals surface area contributed by atoms with Crippen LogP contribution in [0.25, 0.3) is 11.5 Å². The number of carbonyl (C=O) groups excluding carboxylic acids is 2. The van der Waals surface area contributed by atoms with Crippen molar-refractivity contribution in [2.24, 2.45) is 0 Å². The number of hydrogen-bond acceptors (Lipinski definition) is 7.